The van der Waals surface area contributed by atoms with Gasteiger partial charge in [-0.2, -0.15) is 0 Å². The Morgan fingerprint density at radius 1 is 1.24 bits per heavy atom. The van der Waals surface area contributed by atoms with Crippen molar-refractivity contribution >= 4 is 11.6 Å². The van der Waals surface area contributed by atoms with Crippen molar-refractivity contribution in [3.63, 3.8) is 0 Å². The third kappa shape index (κ3) is 3.36. The summed E-state index contributed by atoms with van der Waals surface area (Å²) in [5.41, 5.74) is 1.12. The fourth-order valence-electron chi connectivity index (χ4n) is 2.26. The van der Waals surface area contributed by atoms with Gasteiger partial charge >= 0.3 is 0 Å². The van der Waals surface area contributed by atoms with Gasteiger partial charge in [0.15, 0.2) is 0 Å². The van der Waals surface area contributed by atoms with Crippen molar-refractivity contribution < 1.29 is 9.84 Å². The van der Waals surface area contributed by atoms with Crippen LogP contribution in [-0.2, 0) is 0 Å². The molecular formula is C14H19ClO2. The van der Waals surface area contributed by atoms with Gasteiger partial charge in [0, 0.05) is 0 Å². The van der Waals surface area contributed by atoms with Gasteiger partial charge < -0.3 is 9.84 Å². The zero-order valence-electron chi connectivity index (χ0n) is 10.2. The zero-order valence-corrected chi connectivity index (χ0v) is 10.9. The maximum Gasteiger partial charge on any atom is 0.138 e. The molecule has 1 aromatic carbocycles. The molecule has 3 heteroatoms. The van der Waals surface area contributed by atoms with Gasteiger partial charge in [-0.3, -0.25) is 0 Å². The van der Waals surface area contributed by atoms with Crippen LogP contribution in [0, 0.1) is 6.92 Å². The Bertz CT molecular complexity index is 378. The third-order valence-corrected chi connectivity index (χ3v) is 3.59. The van der Waals surface area contributed by atoms with Crippen LogP contribution in [0.5, 0.6) is 5.75 Å². The van der Waals surface area contributed by atoms with Crippen LogP contribution >= 0.6 is 11.6 Å². The van der Waals surface area contributed by atoms with Crippen molar-refractivity contribution in [1.82, 2.24) is 0 Å². The van der Waals surface area contributed by atoms with Gasteiger partial charge in [-0.25, -0.2) is 0 Å². The number of hydrogen-bond acceptors (Lipinski definition) is 2. The van der Waals surface area contributed by atoms with E-state index in [1.54, 1.807) is 0 Å². The number of aryl methyl sites for hydroxylation is 1. The first kappa shape index (κ1) is 12.7. The Morgan fingerprint density at radius 2 is 2.00 bits per heavy atom. The van der Waals surface area contributed by atoms with E-state index in [0.717, 1.165) is 31.2 Å². The van der Waals surface area contributed by atoms with Crippen molar-refractivity contribution in [1.29, 1.82) is 0 Å². The Kier molecular flexibility index (Phi) is 4.30. The average molecular weight is 255 g/mol. The summed E-state index contributed by atoms with van der Waals surface area (Å²) in [5.74, 6) is 0.692. The summed E-state index contributed by atoms with van der Waals surface area (Å²) in [5, 5.41) is 10.6. The molecule has 1 N–H and O–H groups in total. The van der Waals surface area contributed by atoms with Crippen LogP contribution in [-0.4, -0.2) is 17.3 Å². The Morgan fingerprint density at radius 3 is 2.82 bits per heavy atom. The van der Waals surface area contributed by atoms with Crippen molar-refractivity contribution in [2.45, 2.75) is 51.2 Å². The molecule has 0 saturated heterocycles. The lowest BCUT2D eigenvalue weighted by atomic mass is 10.1. The molecule has 0 aliphatic heterocycles. The van der Waals surface area contributed by atoms with Crippen molar-refractivity contribution in [3.05, 3.63) is 28.8 Å². The van der Waals surface area contributed by atoms with Gasteiger partial charge in [0.1, 0.15) is 11.9 Å². The first-order valence-corrected chi connectivity index (χ1v) is 6.65. The number of aliphatic hydroxyl groups is 1. The molecule has 0 radical (unpaired) electrons. The molecule has 2 atom stereocenters. The predicted molar refractivity (Wildman–Crippen MR) is 69.7 cm³/mol. The van der Waals surface area contributed by atoms with Crippen LogP contribution in [0.25, 0.3) is 0 Å². The van der Waals surface area contributed by atoms with Crippen molar-refractivity contribution in [3.8, 4) is 5.75 Å². The summed E-state index contributed by atoms with van der Waals surface area (Å²) < 4.78 is 5.88. The third-order valence-electron chi connectivity index (χ3n) is 3.28. The molecule has 2 nitrogen and oxygen atoms in total. The smallest absolute Gasteiger partial charge is 0.138 e. The van der Waals surface area contributed by atoms with E-state index in [2.05, 4.69) is 0 Å². The quantitative estimate of drug-likeness (QED) is 0.815. The molecule has 1 aliphatic rings. The van der Waals surface area contributed by atoms with E-state index in [1.165, 1.54) is 6.42 Å². The molecule has 1 aliphatic carbocycles. The number of hydrogen-bond donors (Lipinski definition) is 1. The summed E-state index contributed by atoms with van der Waals surface area (Å²) in [6.45, 7) is 2.01. The summed E-state index contributed by atoms with van der Waals surface area (Å²) in [6, 6.07) is 5.73. The topological polar surface area (TPSA) is 29.5 Å². The molecule has 2 rings (SSSR count). The maximum atomic E-state index is 10.0. The monoisotopic (exact) mass is 254 g/mol. The van der Waals surface area contributed by atoms with E-state index in [4.69, 9.17) is 16.3 Å². The second-order valence-corrected chi connectivity index (χ2v) is 5.20. The molecule has 94 valence electrons. The van der Waals surface area contributed by atoms with Crippen molar-refractivity contribution in [2.75, 3.05) is 0 Å². The lowest BCUT2D eigenvalue weighted by Gasteiger charge is -2.22. The van der Waals surface area contributed by atoms with Gasteiger partial charge in [-0.1, -0.05) is 30.5 Å². The first-order valence-electron chi connectivity index (χ1n) is 6.27. The lowest BCUT2D eigenvalue weighted by molar-refractivity contribution is 0.0320. The zero-order chi connectivity index (χ0) is 12.3. The molecule has 1 aromatic rings. The van der Waals surface area contributed by atoms with Crippen molar-refractivity contribution in [2.24, 2.45) is 0 Å². The van der Waals surface area contributed by atoms with Gasteiger partial charge in [0.05, 0.1) is 11.1 Å². The number of rotatable bonds is 2. The highest BCUT2D eigenvalue weighted by atomic mass is 35.5. The predicted octanol–water partition coefficient (Wildman–Crippen LogP) is 3.72. The molecule has 1 saturated carbocycles. The average Bonchev–Trinajstić information content (AvgIpc) is 2.50. The minimum absolute atomic E-state index is 0.114. The van der Waals surface area contributed by atoms with Crippen LogP contribution in [0.1, 0.15) is 37.7 Å². The normalized spacial score (nSPS) is 25.4. The van der Waals surface area contributed by atoms with Crippen LogP contribution < -0.4 is 4.74 Å². The highest BCUT2D eigenvalue weighted by Crippen LogP contribution is 2.29. The van der Waals surface area contributed by atoms with Crippen LogP contribution in [0.3, 0.4) is 0 Å². The van der Waals surface area contributed by atoms with Crippen LogP contribution in [0.2, 0.25) is 5.02 Å². The van der Waals surface area contributed by atoms with E-state index in [1.807, 2.05) is 25.1 Å². The number of ether oxygens (including phenoxy) is 1. The Labute approximate surface area is 108 Å². The summed E-state index contributed by atoms with van der Waals surface area (Å²) in [7, 11) is 0. The fourth-order valence-corrected chi connectivity index (χ4v) is 2.42. The number of benzene rings is 1. The minimum atomic E-state index is -0.367. The molecular weight excluding hydrogens is 236 g/mol. The van der Waals surface area contributed by atoms with Gasteiger partial charge in [-0.15, -0.1) is 0 Å². The van der Waals surface area contributed by atoms with E-state index < -0.39 is 0 Å². The number of halogens is 1. The van der Waals surface area contributed by atoms with Gasteiger partial charge in [0.2, 0.25) is 0 Å². The highest BCUT2D eigenvalue weighted by Gasteiger charge is 2.23. The molecule has 0 bridgehead atoms. The molecule has 0 amide bonds. The second-order valence-electron chi connectivity index (χ2n) is 4.80. The Hall–Kier alpha value is -0.730. The molecule has 0 heterocycles. The summed E-state index contributed by atoms with van der Waals surface area (Å²) >= 11 is 6.10. The first-order chi connectivity index (χ1) is 8.16. The van der Waals surface area contributed by atoms with E-state index in [9.17, 15) is 5.11 Å². The summed E-state index contributed by atoms with van der Waals surface area (Å²) in [6.07, 6.45) is 4.64. The minimum Gasteiger partial charge on any atom is -0.486 e. The Balaban J connectivity index is 2.10. The summed E-state index contributed by atoms with van der Waals surface area (Å²) in [4.78, 5) is 0. The second kappa shape index (κ2) is 5.74. The molecule has 1 fully saturated rings. The molecule has 0 spiro atoms. The van der Waals surface area contributed by atoms with Crippen LogP contribution in [0.15, 0.2) is 18.2 Å². The SMILES string of the molecule is Cc1ccc(Cl)c(OC2CCCCCC2O)c1. The number of aliphatic hydroxyl groups excluding tert-OH is 1. The van der Waals surface area contributed by atoms with Gasteiger partial charge in [0.25, 0.3) is 0 Å². The molecule has 2 unspecified atom stereocenters. The van der Waals surface area contributed by atoms with Gasteiger partial charge in [-0.05, 0) is 43.9 Å². The lowest BCUT2D eigenvalue weighted by Crippen LogP contribution is -2.30. The molecule has 0 aromatic heterocycles. The standard InChI is InChI=1S/C14H19ClO2/c1-10-7-8-11(15)14(9-10)17-13-6-4-2-3-5-12(13)16/h7-9,12-13,16H,2-6H2,1H3. The largest absolute Gasteiger partial charge is 0.486 e. The molecule has 17 heavy (non-hydrogen) atoms. The van der Waals surface area contributed by atoms with E-state index in [0.29, 0.717) is 10.8 Å². The highest BCUT2D eigenvalue weighted by molar-refractivity contribution is 6.32. The maximum absolute atomic E-state index is 10.0. The van der Waals surface area contributed by atoms with Crippen LogP contribution in [0.4, 0.5) is 0 Å². The van der Waals surface area contributed by atoms with E-state index in [-0.39, 0.29) is 12.2 Å². The fraction of sp³-hybridized carbons (Fsp3) is 0.571. The van der Waals surface area contributed by atoms with E-state index >= 15 is 0 Å².